The summed E-state index contributed by atoms with van der Waals surface area (Å²) in [4.78, 5) is 15.4. The van der Waals surface area contributed by atoms with Gasteiger partial charge in [-0.1, -0.05) is 18.9 Å². The number of ether oxygens (including phenoxy) is 1. The number of oxazole rings is 1. The van der Waals surface area contributed by atoms with Crippen molar-refractivity contribution in [1.29, 1.82) is 0 Å². The Labute approximate surface area is 173 Å². The second-order valence-electron chi connectivity index (χ2n) is 8.02. The lowest BCUT2D eigenvalue weighted by Crippen LogP contribution is -2.26. The number of halogens is 3. The van der Waals surface area contributed by atoms with Crippen LogP contribution in [0.4, 0.5) is 13.2 Å². The average Bonchev–Trinajstić information content (AvgIpc) is 3.06. The van der Waals surface area contributed by atoms with Crippen LogP contribution in [0.5, 0.6) is 0 Å². The first kappa shape index (κ1) is 22.3. The Hall–Kier alpha value is -2.35. The molecule has 1 aliphatic carbocycles. The third-order valence-corrected chi connectivity index (χ3v) is 5.63. The van der Waals surface area contributed by atoms with Crippen LogP contribution >= 0.6 is 0 Å². The SMILES string of the molecule is Cc1oc(-c2cccc(C(F)(F)F)c2)nc1C[C@@H]1CCC[C@H](COC(C)C(=O)O)C1. The number of nitrogens with zero attached hydrogens (tertiary/aromatic N) is 1. The van der Waals surface area contributed by atoms with Crippen LogP contribution in [-0.4, -0.2) is 28.8 Å². The molecule has 2 aromatic rings. The van der Waals surface area contributed by atoms with Crippen molar-refractivity contribution in [3.8, 4) is 11.5 Å². The molecule has 0 bridgehead atoms. The normalized spacial score (nSPS) is 20.8. The van der Waals surface area contributed by atoms with Gasteiger partial charge in [0, 0.05) is 5.56 Å². The van der Waals surface area contributed by atoms with Crippen molar-refractivity contribution < 1.29 is 32.2 Å². The molecule has 5 nitrogen and oxygen atoms in total. The van der Waals surface area contributed by atoms with E-state index in [0.717, 1.165) is 43.5 Å². The summed E-state index contributed by atoms with van der Waals surface area (Å²) in [7, 11) is 0. The maximum Gasteiger partial charge on any atom is 0.416 e. The monoisotopic (exact) mass is 425 g/mol. The summed E-state index contributed by atoms with van der Waals surface area (Å²) in [5.74, 6) is 0.480. The lowest BCUT2D eigenvalue weighted by atomic mass is 9.79. The van der Waals surface area contributed by atoms with E-state index in [1.165, 1.54) is 13.0 Å². The Morgan fingerprint density at radius 2 is 2.07 bits per heavy atom. The van der Waals surface area contributed by atoms with Crippen LogP contribution in [0.15, 0.2) is 28.7 Å². The minimum atomic E-state index is -4.42. The molecule has 0 spiro atoms. The van der Waals surface area contributed by atoms with Gasteiger partial charge in [0.15, 0.2) is 6.10 Å². The maximum absolute atomic E-state index is 13.0. The predicted molar refractivity (Wildman–Crippen MR) is 104 cm³/mol. The third kappa shape index (κ3) is 5.62. The van der Waals surface area contributed by atoms with Crippen molar-refractivity contribution in [2.75, 3.05) is 6.61 Å². The molecule has 1 fully saturated rings. The number of benzene rings is 1. The molecule has 0 aliphatic heterocycles. The quantitative estimate of drug-likeness (QED) is 0.634. The van der Waals surface area contributed by atoms with Crippen molar-refractivity contribution in [2.24, 2.45) is 11.8 Å². The Balaban J connectivity index is 1.65. The van der Waals surface area contributed by atoms with Crippen molar-refractivity contribution in [3.63, 3.8) is 0 Å². The molecule has 8 heteroatoms. The maximum atomic E-state index is 13.0. The minimum absolute atomic E-state index is 0.194. The highest BCUT2D eigenvalue weighted by Crippen LogP contribution is 2.35. The van der Waals surface area contributed by atoms with E-state index >= 15 is 0 Å². The van der Waals surface area contributed by atoms with E-state index in [-0.39, 0.29) is 5.89 Å². The van der Waals surface area contributed by atoms with Gasteiger partial charge in [0.1, 0.15) is 5.76 Å². The smallest absolute Gasteiger partial charge is 0.416 e. The fourth-order valence-electron chi connectivity index (χ4n) is 3.93. The largest absolute Gasteiger partial charge is 0.479 e. The summed E-state index contributed by atoms with van der Waals surface area (Å²) in [5, 5.41) is 8.94. The summed E-state index contributed by atoms with van der Waals surface area (Å²) in [6.45, 7) is 3.71. The summed E-state index contributed by atoms with van der Waals surface area (Å²) in [6.07, 6.45) is -0.614. The number of carbonyl (C=O) groups is 1. The van der Waals surface area contributed by atoms with Crippen LogP contribution in [0.25, 0.3) is 11.5 Å². The molecule has 0 radical (unpaired) electrons. The lowest BCUT2D eigenvalue weighted by molar-refractivity contribution is -0.150. The zero-order valence-corrected chi connectivity index (χ0v) is 17.0. The van der Waals surface area contributed by atoms with Gasteiger partial charge in [-0.2, -0.15) is 13.2 Å². The first-order chi connectivity index (χ1) is 14.1. The predicted octanol–water partition coefficient (Wildman–Crippen LogP) is 5.51. The standard InChI is InChI=1S/C22H26F3NO4/c1-13-19(10-15-5-3-6-16(9-15)12-29-14(2)21(27)28)26-20(30-13)17-7-4-8-18(11-17)22(23,24)25/h4,7-8,11,14-16H,3,5-6,9-10,12H2,1-2H3,(H,27,28)/t14?,15-,16+/m1/s1. The number of hydrogen-bond donors (Lipinski definition) is 1. The fourth-order valence-corrected chi connectivity index (χ4v) is 3.93. The van der Waals surface area contributed by atoms with Crippen molar-refractivity contribution in [1.82, 2.24) is 4.98 Å². The van der Waals surface area contributed by atoms with E-state index < -0.39 is 23.8 Å². The van der Waals surface area contributed by atoms with Gasteiger partial charge in [-0.05, 0) is 63.1 Å². The number of aromatic nitrogens is 1. The molecule has 1 N–H and O–H groups in total. The number of aliphatic carboxylic acids is 1. The first-order valence-corrected chi connectivity index (χ1v) is 10.1. The van der Waals surface area contributed by atoms with Crippen molar-refractivity contribution in [2.45, 2.75) is 58.2 Å². The first-order valence-electron chi connectivity index (χ1n) is 10.1. The molecule has 1 heterocycles. The van der Waals surface area contributed by atoms with Gasteiger partial charge in [-0.3, -0.25) is 0 Å². The van der Waals surface area contributed by atoms with Gasteiger partial charge in [0.05, 0.1) is 17.9 Å². The minimum Gasteiger partial charge on any atom is -0.479 e. The fraction of sp³-hybridized carbons (Fsp3) is 0.545. The van der Waals surface area contributed by atoms with E-state index in [0.29, 0.717) is 36.2 Å². The molecule has 3 rings (SSSR count). The number of rotatable bonds is 7. The van der Waals surface area contributed by atoms with Crippen LogP contribution in [0.2, 0.25) is 0 Å². The average molecular weight is 425 g/mol. The van der Waals surface area contributed by atoms with Gasteiger partial charge in [0.25, 0.3) is 0 Å². The van der Waals surface area contributed by atoms with Gasteiger partial charge in [-0.15, -0.1) is 0 Å². The van der Waals surface area contributed by atoms with Gasteiger partial charge in [-0.25, -0.2) is 9.78 Å². The second kappa shape index (κ2) is 9.20. The zero-order chi connectivity index (χ0) is 21.9. The van der Waals surface area contributed by atoms with Gasteiger partial charge in [0.2, 0.25) is 5.89 Å². The van der Waals surface area contributed by atoms with Gasteiger partial charge >= 0.3 is 12.1 Å². The van der Waals surface area contributed by atoms with Crippen LogP contribution < -0.4 is 0 Å². The Morgan fingerprint density at radius 1 is 1.33 bits per heavy atom. The molecule has 1 aromatic carbocycles. The highest BCUT2D eigenvalue weighted by Gasteiger charge is 2.31. The van der Waals surface area contributed by atoms with E-state index in [1.807, 2.05) is 0 Å². The third-order valence-electron chi connectivity index (χ3n) is 5.63. The zero-order valence-electron chi connectivity index (χ0n) is 17.0. The molecular formula is C22H26F3NO4. The topological polar surface area (TPSA) is 72.6 Å². The number of hydrogen-bond acceptors (Lipinski definition) is 4. The highest BCUT2D eigenvalue weighted by atomic mass is 19.4. The summed E-state index contributed by atoms with van der Waals surface area (Å²) < 4.78 is 50.0. The highest BCUT2D eigenvalue weighted by molar-refractivity contribution is 5.71. The number of carboxylic acids is 1. The number of carboxylic acid groups (broad SMARTS) is 1. The van der Waals surface area contributed by atoms with Crippen molar-refractivity contribution >= 4 is 5.97 Å². The van der Waals surface area contributed by atoms with E-state index in [9.17, 15) is 18.0 Å². The summed E-state index contributed by atoms with van der Waals surface area (Å²) in [5.41, 5.74) is 0.327. The Morgan fingerprint density at radius 3 is 2.77 bits per heavy atom. The van der Waals surface area contributed by atoms with Gasteiger partial charge < -0.3 is 14.3 Å². The summed E-state index contributed by atoms with van der Waals surface area (Å²) in [6, 6.07) is 4.98. The molecule has 30 heavy (non-hydrogen) atoms. The van der Waals surface area contributed by atoms with Crippen LogP contribution in [0, 0.1) is 18.8 Å². The number of aryl methyl sites for hydroxylation is 1. The second-order valence-corrected chi connectivity index (χ2v) is 8.02. The molecule has 1 unspecified atom stereocenters. The molecule has 0 amide bonds. The molecule has 1 aromatic heterocycles. The Kier molecular flexibility index (Phi) is 6.85. The van der Waals surface area contributed by atoms with Crippen molar-refractivity contribution in [3.05, 3.63) is 41.3 Å². The molecule has 0 saturated heterocycles. The van der Waals surface area contributed by atoms with E-state index in [1.54, 1.807) is 13.0 Å². The Bertz CT molecular complexity index is 878. The molecule has 164 valence electrons. The van der Waals surface area contributed by atoms with E-state index in [2.05, 4.69) is 4.98 Å². The van der Waals surface area contributed by atoms with Crippen LogP contribution in [0.1, 0.15) is 49.6 Å². The molecular weight excluding hydrogens is 399 g/mol. The molecule has 3 atom stereocenters. The molecule has 1 aliphatic rings. The van der Waals surface area contributed by atoms with Crippen LogP contribution in [-0.2, 0) is 22.1 Å². The van der Waals surface area contributed by atoms with Crippen LogP contribution in [0.3, 0.4) is 0 Å². The lowest BCUT2D eigenvalue weighted by Gasteiger charge is -2.29. The number of alkyl halides is 3. The summed E-state index contributed by atoms with van der Waals surface area (Å²) >= 11 is 0. The molecule has 1 saturated carbocycles. The van der Waals surface area contributed by atoms with E-state index in [4.69, 9.17) is 14.3 Å².